The smallest absolute Gasteiger partial charge is 0.0927 e. The first-order valence-electron chi connectivity index (χ1n) is 7.38. The van der Waals surface area contributed by atoms with Crippen molar-refractivity contribution in [3.05, 3.63) is 35.4 Å². The quantitative estimate of drug-likeness (QED) is 0.780. The lowest BCUT2D eigenvalue weighted by Gasteiger charge is -2.30. The normalized spacial score (nSPS) is 30.6. The Morgan fingerprint density at radius 3 is 2.00 bits per heavy atom. The molecule has 2 unspecified atom stereocenters. The van der Waals surface area contributed by atoms with Crippen molar-refractivity contribution in [3.63, 3.8) is 0 Å². The van der Waals surface area contributed by atoms with Gasteiger partial charge >= 0.3 is 0 Å². The summed E-state index contributed by atoms with van der Waals surface area (Å²) in [4.78, 5) is 0. The molecule has 1 aromatic rings. The average molecular weight is 260 g/mol. The zero-order chi connectivity index (χ0) is 14.5. The fourth-order valence-corrected chi connectivity index (χ4v) is 3.62. The minimum Gasteiger partial charge on any atom is -0.385 e. The van der Waals surface area contributed by atoms with Crippen molar-refractivity contribution in [2.24, 2.45) is 11.3 Å². The molecule has 0 saturated heterocycles. The third kappa shape index (κ3) is 2.72. The zero-order valence-electron chi connectivity index (χ0n) is 13.2. The van der Waals surface area contributed by atoms with Gasteiger partial charge in [-0.05, 0) is 40.7 Å². The molecule has 0 heterocycles. The highest BCUT2D eigenvalue weighted by Gasteiger charge is 2.48. The second kappa shape index (κ2) is 4.34. The number of benzene rings is 1. The molecular formula is C18H28O. The van der Waals surface area contributed by atoms with Crippen molar-refractivity contribution in [1.29, 1.82) is 0 Å². The van der Waals surface area contributed by atoms with Crippen LogP contribution >= 0.6 is 0 Å². The van der Waals surface area contributed by atoms with Crippen LogP contribution in [0.5, 0.6) is 0 Å². The summed E-state index contributed by atoms with van der Waals surface area (Å²) in [7, 11) is 0. The number of hydrogen-bond donors (Lipinski definition) is 1. The third-order valence-electron chi connectivity index (χ3n) is 4.67. The first kappa shape index (κ1) is 14.6. The van der Waals surface area contributed by atoms with E-state index in [1.165, 1.54) is 5.56 Å². The molecule has 0 amide bonds. The molecule has 2 atom stereocenters. The van der Waals surface area contributed by atoms with E-state index in [4.69, 9.17) is 0 Å². The van der Waals surface area contributed by atoms with Crippen LogP contribution in [-0.2, 0) is 11.0 Å². The van der Waals surface area contributed by atoms with Gasteiger partial charge in [-0.25, -0.2) is 0 Å². The molecule has 2 rings (SSSR count). The van der Waals surface area contributed by atoms with Gasteiger partial charge in [-0.3, -0.25) is 0 Å². The van der Waals surface area contributed by atoms with E-state index in [0.717, 1.165) is 18.4 Å². The summed E-state index contributed by atoms with van der Waals surface area (Å²) in [6.07, 6.45) is 1.94. The minimum absolute atomic E-state index is 0.168. The zero-order valence-corrected chi connectivity index (χ0v) is 13.2. The summed E-state index contributed by atoms with van der Waals surface area (Å²) in [5, 5.41) is 11.1. The Hall–Kier alpha value is -0.820. The van der Waals surface area contributed by atoms with Gasteiger partial charge in [0.1, 0.15) is 0 Å². The standard InChI is InChI=1S/C18H28O/c1-13-11-17(5,6)12-18(13,19)15-9-7-14(8-10-15)16(2,3)4/h7-10,13,19H,11-12H2,1-6H3. The van der Waals surface area contributed by atoms with Crippen LogP contribution in [-0.4, -0.2) is 5.11 Å². The van der Waals surface area contributed by atoms with Crippen molar-refractivity contribution in [1.82, 2.24) is 0 Å². The summed E-state index contributed by atoms with van der Waals surface area (Å²) >= 11 is 0. The molecule has 1 aliphatic carbocycles. The van der Waals surface area contributed by atoms with E-state index in [-0.39, 0.29) is 10.8 Å². The highest BCUT2D eigenvalue weighted by molar-refractivity contribution is 5.32. The highest BCUT2D eigenvalue weighted by Crippen LogP contribution is 2.52. The predicted octanol–water partition coefficient (Wildman–Crippen LogP) is 4.63. The van der Waals surface area contributed by atoms with Gasteiger partial charge in [0.2, 0.25) is 0 Å². The van der Waals surface area contributed by atoms with Crippen LogP contribution in [0, 0.1) is 11.3 Å². The van der Waals surface area contributed by atoms with Gasteiger partial charge in [0.25, 0.3) is 0 Å². The molecule has 0 aromatic heterocycles. The van der Waals surface area contributed by atoms with Gasteiger partial charge < -0.3 is 5.11 Å². The summed E-state index contributed by atoms with van der Waals surface area (Å²) in [5.74, 6) is 0.322. The Kier molecular flexibility index (Phi) is 3.33. The van der Waals surface area contributed by atoms with E-state index in [2.05, 4.69) is 65.8 Å². The lowest BCUT2D eigenvalue weighted by Crippen LogP contribution is -2.29. The van der Waals surface area contributed by atoms with Gasteiger partial charge in [-0.15, -0.1) is 0 Å². The third-order valence-corrected chi connectivity index (χ3v) is 4.67. The van der Waals surface area contributed by atoms with Crippen LogP contribution in [0.4, 0.5) is 0 Å². The molecule has 0 bridgehead atoms. The van der Waals surface area contributed by atoms with Crippen molar-refractivity contribution < 1.29 is 5.11 Å². The average Bonchev–Trinajstić information content (AvgIpc) is 2.47. The Morgan fingerprint density at radius 1 is 1.11 bits per heavy atom. The van der Waals surface area contributed by atoms with Crippen LogP contribution in [0.2, 0.25) is 0 Å². The van der Waals surface area contributed by atoms with E-state index in [1.54, 1.807) is 0 Å². The van der Waals surface area contributed by atoms with Crippen LogP contribution in [0.25, 0.3) is 0 Å². The Morgan fingerprint density at radius 2 is 1.63 bits per heavy atom. The van der Waals surface area contributed by atoms with Crippen LogP contribution in [0.3, 0.4) is 0 Å². The molecule has 0 radical (unpaired) electrons. The lowest BCUT2D eigenvalue weighted by molar-refractivity contribution is -0.000869. The molecule has 1 heteroatoms. The van der Waals surface area contributed by atoms with Gasteiger partial charge in [-0.2, -0.15) is 0 Å². The first-order valence-corrected chi connectivity index (χ1v) is 7.38. The van der Waals surface area contributed by atoms with Crippen molar-refractivity contribution in [2.75, 3.05) is 0 Å². The topological polar surface area (TPSA) is 20.2 Å². The Bertz CT molecular complexity index is 450. The Labute approximate surface area is 118 Å². The number of rotatable bonds is 1. The molecule has 106 valence electrons. The van der Waals surface area contributed by atoms with Gasteiger partial charge in [-0.1, -0.05) is 65.8 Å². The van der Waals surface area contributed by atoms with Crippen LogP contribution in [0.1, 0.15) is 65.5 Å². The molecule has 19 heavy (non-hydrogen) atoms. The molecule has 1 nitrogen and oxygen atoms in total. The highest BCUT2D eigenvalue weighted by atomic mass is 16.3. The molecular weight excluding hydrogens is 232 g/mol. The first-order chi connectivity index (χ1) is 8.55. The minimum atomic E-state index is -0.653. The van der Waals surface area contributed by atoms with Gasteiger partial charge in [0.15, 0.2) is 0 Å². The second-order valence-corrected chi connectivity index (χ2v) is 8.20. The van der Waals surface area contributed by atoms with E-state index in [1.807, 2.05) is 0 Å². The molecule has 1 aliphatic rings. The van der Waals surface area contributed by atoms with Crippen LogP contribution in [0.15, 0.2) is 24.3 Å². The fourth-order valence-electron chi connectivity index (χ4n) is 3.62. The Balaban J connectivity index is 2.33. The summed E-state index contributed by atoms with van der Waals surface area (Å²) < 4.78 is 0. The van der Waals surface area contributed by atoms with Gasteiger partial charge in [0.05, 0.1) is 5.60 Å². The van der Waals surface area contributed by atoms with E-state index in [0.29, 0.717) is 5.92 Å². The predicted molar refractivity (Wildman–Crippen MR) is 81.2 cm³/mol. The van der Waals surface area contributed by atoms with Crippen molar-refractivity contribution in [2.45, 2.75) is 65.4 Å². The van der Waals surface area contributed by atoms with E-state index < -0.39 is 5.60 Å². The van der Waals surface area contributed by atoms with Crippen molar-refractivity contribution in [3.8, 4) is 0 Å². The van der Waals surface area contributed by atoms with E-state index >= 15 is 0 Å². The molecule has 1 N–H and O–H groups in total. The SMILES string of the molecule is CC1CC(C)(C)CC1(O)c1ccc(C(C)(C)C)cc1. The summed E-state index contributed by atoms with van der Waals surface area (Å²) in [5.41, 5.74) is 2.15. The molecule has 0 aliphatic heterocycles. The summed E-state index contributed by atoms with van der Waals surface area (Å²) in [6, 6.07) is 8.59. The summed E-state index contributed by atoms with van der Waals surface area (Å²) in [6.45, 7) is 13.3. The molecule has 1 fully saturated rings. The maximum Gasteiger partial charge on any atom is 0.0927 e. The number of hydrogen-bond acceptors (Lipinski definition) is 1. The van der Waals surface area contributed by atoms with Crippen LogP contribution < -0.4 is 0 Å². The fraction of sp³-hybridized carbons (Fsp3) is 0.667. The maximum atomic E-state index is 11.1. The second-order valence-electron chi connectivity index (χ2n) is 8.20. The van der Waals surface area contributed by atoms with Crippen molar-refractivity contribution >= 4 is 0 Å². The molecule has 0 spiro atoms. The van der Waals surface area contributed by atoms with E-state index in [9.17, 15) is 5.11 Å². The lowest BCUT2D eigenvalue weighted by atomic mass is 9.81. The number of aliphatic hydroxyl groups is 1. The monoisotopic (exact) mass is 260 g/mol. The molecule has 1 aromatic carbocycles. The largest absolute Gasteiger partial charge is 0.385 e. The van der Waals surface area contributed by atoms with Gasteiger partial charge in [0, 0.05) is 0 Å². The molecule has 1 saturated carbocycles. The maximum absolute atomic E-state index is 11.1.